The van der Waals surface area contributed by atoms with Crippen molar-refractivity contribution in [2.75, 3.05) is 0 Å². The molecule has 1 saturated carbocycles. The summed E-state index contributed by atoms with van der Waals surface area (Å²) in [5.74, 6) is -0.0151. The zero-order valence-corrected chi connectivity index (χ0v) is 9.10. The van der Waals surface area contributed by atoms with Gasteiger partial charge in [-0.2, -0.15) is 0 Å². The molecule has 0 aliphatic heterocycles. The van der Waals surface area contributed by atoms with Gasteiger partial charge in [0.15, 0.2) is 0 Å². The number of rotatable bonds is 2. The van der Waals surface area contributed by atoms with Gasteiger partial charge in [-0.25, -0.2) is 4.98 Å². The number of nitrogens with one attached hydrogen (secondary N) is 1. The molecular weight excluding hydrogens is 202 g/mol. The van der Waals surface area contributed by atoms with Gasteiger partial charge in [0, 0.05) is 18.4 Å². The van der Waals surface area contributed by atoms with Crippen LogP contribution in [-0.2, 0) is 0 Å². The van der Waals surface area contributed by atoms with Crippen molar-refractivity contribution in [1.82, 2.24) is 14.7 Å². The second-order valence-electron chi connectivity index (χ2n) is 4.28. The van der Waals surface area contributed by atoms with Crippen LogP contribution >= 0.6 is 0 Å². The van der Waals surface area contributed by atoms with Gasteiger partial charge >= 0.3 is 0 Å². The number of hydrogen-bond acceptors (Lipinski definition) is 2. The van der Waals surface area contributed by atoms with Gasteiger partial charge in [-0.3, -0.25) is 4.79 Å². The SMILES string of the molecule is Cc1cn2cccc(C(=O)NC3CC3)c2n1. The van der Waals surface area contributed by atoms with E-state index in [0.29, 0.717) is 11.6 Å². The summed E-state index contributed by atoms with van der Waals surface area (Å²) < 4.78 is 1.89. The average Bonchev–Trinajstić information content (AvgIpc) is 2.96. The van der Waals surface area contributed by atoms with Crippen LogP contribution in [0.4, 0.5) is 0 Å². The first kappa shape index (κ1) is 9.39. The zero-order chi connectivity index (χ0) is 11.1. The fraction of sp³-hybridized carbons (Fsp3) is 0.333. The molecule has 82 valence electrons. The highest BCUT2D eigenvalue weighted by atomic mass is 16.1. The molecule has 4 heteroatoms. The summed E-state index contributed by atoms with van der Waals surface area (Å²) in [4.78, 5) is 16.3. The number of fused-ring (bicyclic) bond motifs is 1. The molecule has 1 N–H and O–H groups in total. The monoisotopic (exact) mass is 215 g/mol. The fourth-order valence-electron chi connectivity index (χ4n) is 1.80. The molecule has 1 aliphatic rings. The molecule has 0 atom stereocenters. The van der Waals surface area contributed by atoms with E-state index in [4.69, 9.17) is 0 Å². The third kappa shape index (κ3) is 1.56. The van der Waals surface area contributed by atoms with Crippen molar-refractivity contribution < 1.29 is 4.79 Å². The second kappa shape index (κ2) is 3.33. The number of carbonyl (C=O) groups is 1. The first-order valence-corrected chi connectivity index (χ1v) is 5.49. The molecule has 2 aromatic heterocycles. The number of aryl methyl sites for hydroxylation is 1. The van der Waals surface area contributed by atoms with Gasteiger partial charge in [-0.05, 0) is 31.9 Å². The maximum absolute atomic E-state index is 12.0. The lowest BCUT2D eigenvalue weighted by Gasteiger charge is -2.04. The maximum atomic E-state index is 12.0. The van der Waals surface area contributed by atoms with Crippen LogP contribution in [0.1, 0.15) is 28.9 Å². The van der Waals surface area contributed by atoms with Gasteiger partial charge in [0.2, 0.25) is 0 Å². The Morgan fingerprint density at radius 3 is 3.12 bits per heavy atom. The molecule has 16 heavy (non-hydrogen) atoms. The third-order valence-corrected chi connectivity index (χ3v) is 2.76. The summed E-state index contributed by atoms with van der Waals surface area (Å²) in [6, 6.07) is 4.07. The van der Waals surface area contributed by atoms with E-state index < -0.39 is 0 Å². The molecule has 0 spiro atoms. The second-order valence-corrected chi connectivity index (χ2v) is 4.28. The molecule has 0 saturated heterocycles. The van der Waals surface area contributed by atoms with Gasteiger partial charge < -0.3 is 9.72 Å². The summed E-state index contributed by atoms with van der Waals surface area (Å²) in [5, 5.41) is 2.98. The maximum Gasteiger partial charge on any atom is 0.255 e. The number of pyridine rings is 1. The number of aromatic nitrogens is 2. The Bertz CT molecular complexity index is 554. The molecule has 1 amide bonds. The number of amides is 1. The highest BCUT2D eigenvalue weighted by Gasteiger charge is 2.24. The van der Waals surface area contributed by atoms with Crippen LogP contribution in [0.15, 0.2) is 24.5 Å². The third-order valence-electron chi connectivity index (χ3n) is 2.76. The average molecular weight is 215 g/mol. The van der Waals surface area contributed by atoms with Crippen LogP contribution in [0.5, 0.6) is 0 Å². The minimum Gasteiger partial charge on any atom is -0.349 e. The number of nitrogens with zero attached hydrogens (tertiary/aromatic N) is 2. The summed E-state index contributed by atoms with van der Waals surface area (Å²) in [5.41, 5.74) is 2.31. The number of hydrogen-bond donors (Lipinski definition) is 1. The Kier molecular flexibility index (Phi) is 1.96. The number of carbonyl (C=O) groups excluding carboxylic acids is 1. The molecule has 0 aromatic carbocycles. The molecule has 1 fully saturated rings. The van der Waals surface area contributed by atoms with Crippen LogP contribution in [0.3, 0.4) is 0 Å². The van der Waals surface area contributed by atoms with Crippen LogP contribution in [0.25, 0.3) is 5.65 Å². The van der Waals surface area contributed by atoms with Gasteiger partial charge in [-0.1, -0.05) is 0 Å². The fourth-order valence-corrected chi connectivity index (χ4v) is 1.80. The first-order valence-electron chi connectivity index (χ1n) is 5.49. The topological polar surface area (TPSA) is 46.4 Å². The molecule has 3 rings (SSSR count). The Hall–Kier alpha value is -1.84. The van der Waals surface area contributed by atoms with E-state index in [1.54, 1.807) is 0 Å². The normalized spacial score (nSPS) is 15.3. The Labute approximate surface area is 93.3 Å². The lowest BCUT2D eigenvalue weighted by Crippen LogP contribution is -2.25. The lowest BCUT2D eigenvalue weighted by molar-refractivity contribution is 0.0952. The van der Waals surface area contributed by atoms with Crippen molar-refractivity contribution in [2.45, 2.75) is 25.8 Å². The van der Waals surface area contributed by atoms with Gasteiger partial charge in [-0.15, -0.1) is 0 Å². The highest BCUT2D eigenvalue weighted by Crippen LogP contribution is 2.20. The van der Waals surface area contributed by atoms with E-state index in [9.17, 15) is 4.79 Å². The molecule has 2 heterocycles. The Morgan fingerprint density at radius 2 is 2.38 bits per heavy atom. The number of imidazole rings is 1. The Balaban J connectivity index is 2.03. The van der Waals surface area contributed by atoms with Crippen molar-refractivity contribution in [3.63, 3.8) is 0 Å². The summed E-state index contributed by atoms with van der Waals surface area (Å²) in [7, 11) is 0. The van der Waals surface area contributed by atoms with Crippen LogP contribution in [0, 0.1) is 6.92 Å². The smallest absolute Gasteiger partial charge is 0.255 e. The molecule has 0 radical (unpaired) electrons. The van der Waals surface area contributed by atoms with Crippen molar-refractivity contribution in [2.24, 2.45) is 0 Å². The van der Waals surface area contributed by atoms with Crippen molar-refractivity contribution >= 4 is 11.6 Å². The quantitative estimate of drug-likeness (QED) is 0.825. The predicted molar refractivity (Wildman–Crippen MR) is 60.4 cm³/mol. The minimum atomic E-state index is -0.0151. The van der Waals surface area contributed by atoms with Crippen molar-refractivity contribution in [3.05, 3.63) is 35.8 Å². The Morgan fingerprint density at radius 1 is 1.56 bits per heavy atom. The van der Waals surface area contributed by atoms with Gasteiger partial charge in [0.1, 0.15) is 5.65 Å². The van der Waals surface area contributed by atoms with Crippen molar-refractivity contribution in [1.29, 1.82) is 0 Å². The summed E-state index contributed by atoms with van der Waals surface area (Å²) >= 11 is 0. The van der Waals surface area contributed by atoms with E-state index in [2.05, 4.69) is 10.3 Å². The molecule has 0 unspecified atom stereocenters. The van der Waals surface area contributed by atoms with Gasteiger partial charge in [0.05, 0.1) is 11.3 Å². The van der Waals surface area contributed by atoms with E-state index in [0.717, 1.165) is 24.2 Å². The summed E-state index contributed by atoms with van der Waals surface area (Å²) in [6.07, 6.45) is 6.02. The van der Waals surface area contributed by atoms with Crippen LogP contribution in [0.2, 0.25) is 0 Å². The van der Waals surface area contributed by atoms with E-state index in [1.807, 2.05) is 35.9 Å². The minimum absolute atomic E-state index is 0.0151. The molecule has 0 bridgehead atoms. The molecule has 4 nitrogen and oxygen atoms in total. The first-order chi connectivity index (χ1) is 7.74. The van der Waals surface area contributed by atoms with E-state index in [1.165, 1.54) is 0 Å². The molecule has 2 aromatic rings. The van der Waals surface area contributed by atoms with Crippen LogP contribution < -0.4 is 5.32 Å². The summed E-state index contributed by atoms with van der Waals surface area (Å²) in [6.45, 7) is 1.93. The van der Waals surface area contributed by atoms with E-state index in [-0.39, 0.29) is 5.91 Å². The lowest BCUT2D eigenvalue weighted by atomic mass is 10.2. The van der Waals surface area contributed by atoms with E-state index >= 15 is 0 Å². The largest absolute Gasteiger partial charge is 0.349 e. The standard InChI is InChI=1S/C12H13N3O/c1-8-7-15-6-2-3-10(11(15)13-8)12(16)14-9-4-5-9/h2-3,6-7,9H,4-5H2,1H3,(H,14,16). The van der Waals surface area contributed by atoms with Crippen LogP contribution in [-0.4, -0.2) is 21.3 Å². The molecule has 1 aliphatic carbocycles. The van der Waals surface area contributed by atoms with Gasteiger partial charge in [0.25, 0.3) is 5.91 Å². The molecular formula is C12H13N3O. The zero-order valence-electron chi connectivity index (χ0n) is 9.10. The predicted octanol–water partition coefficient (Wildman–Crippen LogP) is 1.53. The van der Waals surface area contributed by atoms with Crippen molar-refractivity contribution in [3.8, 4) is 0 Å². The highest BCUT2D eigenvalue weighted by molar-refractivity contribution is 6.00.